The quantitative estimate of drug-likeness (QED) is 0.284. The fourth-order valence-electron chi connectivity index (χ4n) is 2.98. The highest BCUT2D eigenvalue weighted by Gasteiger charge is 2.17. The summed E-state index contributed by atoms with van der Waals surface area (Å²) in [5.41, 5.74) is 1.11. The van der Waals surface area contributed by atoms with Crippen molar-refractivity contribution in [2.24, 2.45) is 5.10 Å². The number of ether oxygens (including phenoxy) is 1. The zero-order valence-electron chi connectivity index (χ0n) is 17.8. The predicted molar refractivity (Wildman–Crippen MR) is 135 cm³/mol. The van der Waals surface area contributed by atoms with Crippen molar-refractivity contribution in [2.45, 2.75) is 52.6 Å². The summed E-state index contributed by atoms with van der Waals surface area (Å²) in [6, 6.07) is 9.04. The predicted octanol–water partition coefficient (Wildman–Crippen LogP) is 7.15. The average Bonchev–Trinajstić information content (AvgIpc) is 2.74. The van der Waals surface area contributed by atoms with E-state index in [0.29, 0.717) is 33.1 Å². The van der Waals surface area contributed by atoms with Gasteiger partial charge >= 0.3 is 0 Å². The van der Waals surface area contributed by atoms with Crippen LogP contribution in [0.4, 0.5) is 0 Å². The van der Waals surface area contributed by atoms with Crippen LogP contribution in [-0.2, 0) is 0 Å². The highest BCUT2D eigenvalue weighted by atomic mass is 79.9. The summed E-state index contributed by atoms with van der Waals surface area (Å²) in [6.45, 7) is 8.15. The lowest BCUT2D eigenvalue weighted by molar-refractivity contribution is 0.215. The van der Waals surface area contributed by atoms with E-state index in [9.17, 15) is 4.79 Å². The topological polar surface area (TPSA) is 56.5 Å². The molecule has 8 heteroatoms. The lowest BCUT2D eigenvalue weighted by Crippen LogP contribution is -2.23. The molecule has 0 N–H and O–H groups in total. The third-order valence-corrected chi connectivity index (χ3v) is 6.43. The molecule has 0 bridgehead atoms. The van der Waals surface area contributed by atoms with Gasteiger partial charge in [-0.25, -0.2) is 4.98 Å². The van der Waals surface area contributed by atoms with Gasteiger partial charge in [0, 0.05) is 21.0 Å². The Morgan fingerprint density at radius 3 is 2.61 bits per heavy atom. The van der Waals surface area contributed by atoms with Gasteiger partial charge in [-0.05, 0) is 66.0 Å². The number of benzene rings is 2. The Morgan fingerprint density at radius 1 is 1.19 bits per heavy atom. The number of halogens is 3. The van der Waals surface area contributed by atoms with Crippen molar-refractivity contribution in [3.05, 3.63) is 66.0 Å². The molecular formula is C23H24Br2ClN3O2. The average molecular weight is 570 g/mol. The number of aromatic nitrogens is 2. The molecule has 0 amide bonds. The molecule has 0 aliphatic carbocycles. The van der Waals surface area contributed by atoms with Crippen LogP contribution < -0.4 is 10.3 Å². The molecule has 2 atom stereocenters. The van der Waals surface area contributed by atoms with Crippen molar-refractivity contribution in [3.8, 4) is 5.75 Å². The minimum atomic E-state index is -0.219. The molecule has 0 spiro atoms. The number of fused-ring (bicyclic) bond motifs is 1. The number of rotatable bonds is 7. The van der Waals surface area contributed by atoms with Crippen molar-refractivity contribution in [3.63, 3.8) is 0 Å². The first-order valence-corrected chi connectivity index (χ1v) is 12.1. The molecule has 0 saturated carbocycles. The third-order valence-electron chi connectivity index (χ3n) is 5.13. The first kappa shape index (κ1) is 24.0. The largest absolute Gasteiger partial charge is 0.489 e. The monoisotopic (exact) mass is 567 g/mol. The summed E-state index contributed by atoms with van der Waals surface area (Å²) in [5.74, 6) is 1.31. The van der Waals surface area contributed by atoms with Gasteiger partial charge in [-0.3, -0.25) is 4.79 Å². The first-order valence-electron chi connectivity index (χ1n) is 10.2. The Bertz CT molecular complexity index is 1190. The Labute approximate surface area is 203 Å². The normalized spacial score (nSPS) is 13.6. The molecule has 0 unspecified atom stereocenters. The lowest BCUT2D eigenvalue weighted by Gasteiger charge is -2.17. The van der Waals surface area contributed by atoms with Crippen molar-refractivity contribution in [1.29, 1.82) is 0 Å². The van der Waals surface area contributed by atoms with E-state index in [4.69, 9.17) is 21.3 Å². The number of hydrogen-bond donors (Lipinski definition) is 0. The molecule has 0 fully saturated rings. The maximum Gasteiger partial charge on any atom is 0.282 e. The SMILES string of the molecule is CC[C@@H](C)c1nc2ccc(Br)cc2c(=O)n1N=Cc1cc(Cl)cc(Br)c1O[C@@H](C)CC. The van der Waals surface area contributed by atoms with Crippen LogP contribution in [0.2, 0.25) is 5.02 Å². The van der Waals surface area contributed by atoms with Gasteiger partial charge in [0.25, 0.3) is 5.56 Å². The van der Waals surface area contributed by atoms with Crippen molar-refractivity contribution in [1.82, 2.24) is 9.66 Å². The smallest absolute Gasteiger partial charge is 0.282 e. The minimum absolute atomic E-state index is 0.0164. The van der Waals surface area contributed by atoms with E-state index in [0.717, 1.165) is 21.8 Å². The van der Waals surface area contributed by atoms with Crippen LogP contribution in [0, 0.1) is 0 Å². The van der Waals surface area contributed by atoms with E-state index in [-0.39, 0.29) is 17.6 Å². The van der Waals surface area contributed by atoms with Crippen LogP contribution in [0.5, 0.6) is 5.75 Å². The van der Waals surface area contributed by atoms with Crippen LogP contribution >= 0.6 is 43.5 Å². The van der Waals surface area contributed by atoms with Crippen LogP contribution in [-0.4, -0.2) is 22.0 Å². The lowest BCUT2D eigenvalue weighted by atomic mass is 10.1. The summed E-state index contributed by atoms with van der Waals surface area (Å²) >= 11 is 13.2. The highest BCUT2D eigenvalue weighted by Crippen LogP contribution is 2.33. The molecule has 31 heavy (non-hydrogen) atoms. The molecule has 3 aromatic rings. The van der Waals surface area contributed by atoms with E-state index in [1.165, 1.54) is 4.68 Å². The van der Waals surface area contributed by atoms with E-state index in [1.807, 2.05) is 26.0 Å². The molecule has 1 heterocycles. The Kier molecular flexibility index (Phi) is 7.94. The summed E-state index contributed by atoms with van der Waals surface area (Å²) in [5, 5.41) is 5.59. The molecule has 5 nitrogen and oxygen atoms in total. The summed E-state index contributed by atoms with van der Waals surface area (Å²) in [7, 11) is 0. The van der Waals surface area contributed by atoms with Crippen molar-refractivity contribution in [2.75, 3.05) is 0 Å². The Hall–Kier alpha value is -1.70. The second kappa shape index (κ2) is 10.3. The van der Waals surface area contributed by atoms with Crippen LogP contribution in [0.3, 0.4) is 0 Å². The molecule has 1 aromatic heterocycles. The molecule has 0 aliphatic heterocycles. The van der Waals surface area contributed by atoms with Crippen LogP contribution in [0.15, 0.2) is 49.2 Å². The first-order chi connectivity index (χ1) is 14.7. The van der Waals surface area contributed by atoms with Gasteiger partial charge < -0.3 is 4.74 Å². The van der Waals surface area contributed by atoms with Crippen molar-refractivity contribution >= 4 is 60.6 Å². The third kappa shape index (κ3) is 5.38. The van der Waals surface area contributed by atoms with Gasteiger partial charge in [-0.2, -0.15) is 9.78 Å². The summed E-state index contributed by atoms with van der Waals surface area (Å²) in [6.07, 6.45) is 3.30. The molecule has 2 aromatic carbocycles. The van der Waals surface area contributed by atoms with E-state index >= 15 is 0 Å². The Morgan fingerprint density at radius 2 is 1.94 bits per heavy atom. The fraction of sp³-hybridized carbons (Fsp3) is 0.348. The fourth-order valence-corrected chi connectivity index (χ4v) is 4.27. The van der Waals surface area contributed by atoms with Gasteiger partial charge in [0.2, 0.25) is 0 Å². The van der Waals surface area contributed by atoms with Crippen LogP contribution in [0.25, 0.3) is 10.9 Å². The van der Waals surface area contributed by atoms with Gasteiger partial charge in [0.15, 0.2) is 0 Å². The summed E-state index contributed by atoms with van der Waals surface area (Å²) < 4.78 is 9.00. The zero-order chi connectivity index (χ0) is 22.7. The van der Waals surface area contributed by atoms with Crippen molar-refractivity contribution < 1.29 is 4.74 Å². The van der Waals surface area contributed by atoms with E-state index in [1.54, 1.807) is 24.4 Å². The van der Waals surface area contributed by atoms with Crippen LogP contribution in [0.1, 0.15) is 57.8 Å². The highest BCUT2D eigenvalue weighted by molar-refractivity contribution is 9.10. The molecule has 0 saturated heterocycles. The van der Waals surface area contributed by atoms with Gasteiger partial charge in [-0.1, -0.05) is 48.3 Å². The molecule has 164 valence electrons. The minimum Gasteiger partial charge on any atom is -0.489 e. The number of nitrogens with zero attached hydrogens (tertiary/aromatic N) is 3. The molecule has 0 aliphatic rings. The van der Waals surface area contributed by atoms with Gasteiger partial charge in [-0.15, -0.1) is 0 Å². The molecule has 3 rings (SSSR count). The zero-order valence-corrected chi connectivity index (χ0v) is 21.8. The number of hydrogen-bond acceptors (Lipinski definition) is 4. The second-order valence-corrected chi connectivity index (χ2v) is 9.65. The maximum atomic E-state index is 13.3. The molecule has 0 radical (unpaired) electrons. The Balaban J connectivity index is 2.19. The van der Waals surface area contributed by atoms with E-state index < -0.39 is 0 Å². The second-order valence-electron chi connectivity index (χ2n) is 7.44. The standard InChI is InChI=1S/C23H24Br2ClN3O2/c1-5-13(3)22-28-20-8-7-16(24)10-18(20)23(30)29(22)27-12-15-9-17(26)11-19(25)21(15)31-14(4)6-2/h7-14H,5-6H2,1-4H3/t13-,14+/m1/s1. The van der Waals surface area contributed by atoms with E-state index in [2.05, 4.69) is 50.8 Å². The molecular weight excluding hydrogens is 546 g/mol. The van der Waals surface area contributed by atoms with Gasteiger partial charge in [0.1, 0.15) is 11.6 Å². The maximum absolute atomic E-state index is 13.3. The summed E-state index contributed by atoms with van der Waals surface area (Å²) in [4.78, 5) is 18.0. The van der Waals surface area contributed by atoms with Gasteiger partial charge in [0.05, 0.1) is 27.7 Å².